The van der Waals surface area contributed by atoms with Gasteiger partial charge in [-0.25, -0.2) is 0 Å². The van der Waals surface area contributed by atoms with Gasteiger partial charge in [0.25, 0.3) is 0 Å². The van der Waals surface area contributed by atoms with Crippen molar-refractivity contribution in [1.82, 2.24) is 15.0 Å². The Bertz CT molecular complexity index is 725. The highest BCUT2D eigenvalue weighted by Crippen LogP contribution is 2.21. The van der Waals surface area contributed by atoms with Crippen LogP contribution in [0.3, 0.4) is 0 Å². The number of nitriles is 1. The predicted octanol–water partition coefficient (Wildman–Crippen LogP) is 2.85. The van der Waals surface area contributed by atoms with E-state index in [4.69, 9.17) is 4.52 Å². The van der Waals surface area contributed by atoms with Crippen LogP contribution in [0.15, 0.2) is 28.8 Å². The summed E-state index contributed by atoms with van der Waals surface area (Å²) in [6.45, 7) is 8.73. The van der Waals surface area contributed by atoms with E-state index in [1.165, 1.54) is 0 Å². The maximum Gasteiger partial charge on any atom is 0.240 e. The lowest BCUT2D eigenvalue weighted by Gasteiger charge is -2.35. The van der Waals surface area contributed by atoms with Crippen molar-refractivity contribution in [3.63, 3.8) is 0 Å². The highest BCUT2D eigenvalue weighted by atomic mass is 16.5. The van der Waals surface area contributed by atoms with Crippen molar-refractivity contribution >= 4 is 5.69 Å². The van der Waals surface area contributed by atoms with Gasteiger partial charge in [0.15, 0.2) is 5.82 Å². The van der Waals surface area contributed by atoms with Crippen LogP contribution >= 0.6 is 0 Å². The SMILES string of the molecule is CC(C)CCc1noc(CN2CCN(c3ccccc3C#N)CC2)n1. The largest absolute Gasteiger partial charge is 0.368 e. The van der Waals surface area contributed by atoms with Crippen molar-refractivity contribution in [1.29, 1.82) is 5.26 Å². The Morgan fingerprint density at radius 1 is 1.20 bits per heavy atom. The Morgan fingerprint density at radius 3 is 2.68 bits per heavy atom. The van der Waals surface area contributed by atoms with Gasteiger partial charge in [-0.3, -0.25) is 4.90 Å². The van der Waals surface area contributed by atoms with Gasteiger partial charge in [-0.2, -0.15) is 10.2 Å². The molecule has 3 rings (SSSR count). The van der Waals surface area contributed by atoms with E-state index in [1.807, 2.05) is 24.3 Å². The van der Waals surface area contributed by atoms with Gasteiger partial charge >= 0.3 is 0 Å². The monoisotopic (exact) mass is 339 g/mol. The Morgan fingerprint density at radius 2 is 1.96 bits per heavy atom. The summed E-state index contributed by atoms with van der Waals surface area (Å²) >= 11 is 0. The smallest absolute Gasteiger partial charge is 0.240 e. The van der Waals surface area contributed by atoms with Crippen molar-refractivity contribution in [3.05, 3.63) is 41.5 Å². The lowest BCUT2D eigenvalue weighted by molar-refractivity contribution is 0.215. The van der Waals surface area contributed by atoms with Gasteiger partial charge in [-0.15, -0.1) is 0 Å². The number of para-hydroxylation sites is 1. The summed E-state index contributed by atoms with van der Waals surface area (Å²) in [5, 5.41) is 13.3. The quantitative estimate of drug-likeness (QED) is 0.806. The van der Waals surface area contributed by atoms with E-state index in [1.54, 1.807) is 0 Å². The second-order valence-corrected chi connectivity index (χ2v) is 6.93. The van der Waals surface area contributed by atoms with Gasteiger partial charge in [0, 0.05) is 32.6 Å². The molecule has 1 aliphatic heterocycles. The standard InChI is InChI=1S/C19H25N5O/c1-15(2)7-8-18-21-19(25-22-18)14-23-9-11-24(12-10-23)17-6-4-3-5-16(17)13-20/h3-6,15H,7-12,14H2,1-2H3. The van der Waals surface area contributed by atoms with Gasteiger partial charge in [-0.1, -0.05) is 31.1 Å². The van der Waals surface area contributed by atoms with Crippen LogP contribution in [-0.4, -0.2) is 41.2 Å². The average Bonchev–Trinajstić information content (AvgIpc) is 3.08. The lowest BCUT2D eigenvalue weighted by Crippen LogP contribution is -2.46. The van der Waals surface area contributed by atoms with E-state index in [0.29, 0.717) is 18.4 Å². The normalized spacial score (nSPS) is 15.5. The van der Waals surface area contributed by atoms with E-state index in [-0.39, 0.29) is 0 Å². The van der Waals surface area contributed by atoms with Gasteiger partial charge in [0.05, 0.1) is 17.8 Å². The molecule has 1 aromatic heterocycles. The number of aromatic nitrogens is 2. The summed E-state index contributed by atoms with van der Waals surface area (Å²) in [5.41, 5.74) is 1.76. The third kappa shape index (κ3) is 4.58. The van der Waals surface area contributed by atoms with Crippen molar-refractivity contribution in [2.45, 2.75) is 33.2 Å². The minimum absolute atomic E-state index is 0.645. The molecule has 1 aliphatic rings. The van der Waals surface area contributed by atoms with Crippen molar-refractivity contribution < 1.29 is 4.52 Å². The molecule has 0 amide bonds. The van der Waals surface area contributed by atoms with Crippen LogP contribution in [0.5, 0.6) is 0 Å². The number of nitrogens with zero attached hydrogens (tertiary/aromatic N) is 5. The third-order valence-corrected chi connectivity index (χ3v) is 4.55. The zero-order chi connectivity index (χ0) is 17.6. The van der Waals surface area contributed by atoms with Crippen LogP contribution in [0.2, 0.25) is 0 Å². The van der Waals surface area contributed by atoms with Gasteiger partial charge in [-0.05, 0) is 24.5 Å². The Kier molecular flexibility index (Phi) is 5.67. The van der Waals surface area contributed by atoms with Crippen molar-refractivity contribution in [2.24, 2.45) is 5.92 Å². The second kappa shape index (κ2) is 8.13. The Balaban J connectivity index is 1.52. The zero-order valence-electron chi connectivity index (χ0n) is 15.0. The van der Waals surface area contributed by atoms with Crippen LogP contribution in [0.4, 0.5) is 5.69 Å². The fourth-order valence-electron chi connectivity index (χ4n) is 3.06. The molecule has 1 aromatic carbocycles. The first-order chi connectivity index (χ1) is 12.2. The van der Waals surface area contributed by atoms with Crippen molar-refractivity contribution in [3.8, 4) is 6.07 Å². The van der Waals surface area contributed by atoms with Gasteiger partial charge in [0.1, 0.15) is 6.07 Å². The maximum atomic E-state index is 9.26. The highest BCUT2D eigenvalue weighted by molar-refractivity contribution is 5.59. The number of aryl methyl sites for hydroxylation is 1. The first kappa shape index (κ1) is 17.4. The molecular weight excluding hydrogens is 314 g/mol. The van der Waals surface area contributed by atoms with E-state index < -0.39 is 0 Å². The Labute approximate surface area is 149 Å². The topological polar surface area (TPSA) is 69.2 Å². The molecule has 1 fully saturated rings. The van der Waals surface area contributed by atoms with Gasteiger partial charge < -0.3 is 9.42 Å². The summed E-state index contributed by atoms with van der Waals surface area (Å²) in [6, 6.07) is 10.1. The van der Waals surface area contributed by atoms with E-state index in [2.05, 4.69) is 39.9 Å². The number of rotatable bonds is 6. The van der Waals surface area contributed by atoms with E-state index in [0.717, 1.165) is 56.1 Å². The van der Waals surface area contributed by atoms with Crippen LogP contribution in [0, 0.1) is 17.2 Å². The summed E-state index contributed by atoms with van der Waals surface area (Å²) < 4.78 is 5.39. The van der Waals surface area contributed by atoms with E-state index >= 15 is 0 Å². The highest BCUT2D eigenvalue weighted by Gasteiger charge is 2.21. The molecule has 132 valence electrons. The molecular formula is C19H25N5O. The van der Waals surface area contributed by atoms with Crippen LogP contribution in [0.1, 0.15) is 37.5 Å². The summed E-state index contributed by atoms with van der Waals surface area (Å²) in [6.07, 6.45) is 1.95. The summed E-state index contributed by atoms with van der Waals surface area (Å²) in [7, 11) is 0. The molecule has 2 heterocycles. The van der Waals surface area contributed by atoms with Crippen molar-refractivity contribution in [2.75, 3.05) is 31.1 Å². The summed E-state index contributed by atoms with van der Waals surface area (Å²) in [4.78, 5) is 9.10. The molecule has 0 saturated carbocycles. The van der Waals surface area contributed by atoms with Crippen LogP contribution in [0.25, 0.3) is 0 Å². The molecule has 0 spiro atoms. The molecule has 0 atom stereocenters. The summed E-state index contributed by atoms with van der Waals surface area (Å²) in [5.74, 6) is 2.15. The number of anilines is 1. The maximum absolute atomic E-state index is 9.26. The molecule has 2 aromatic rings. The first-order valence-corrected chi connectivity index (χ1v) is 8.93. The molecule has 0 N–H and O–H groups in total. The number of benzene rings is 1. The van der Waals surface area contributed by atoms with E-state index in [9.17, 15) is 5.26 Å². The molecule has 0 bridgehead atoms. The first-order valence-electron chi connectivity index (χ1n) is 8.93. The molecule has 6 nitrogen and oxygen atoms in total. The van der Waals surface area contributed by atoms with Gasteiger partial charge in [0.2, 0.25) is 5.89 Å². The molecule has 0 radical (unpaired) electrons. The van der Waals surface area contributed by atoms with Crippen LogP contribution in [-0.2, 0) is 13.0 Å². The fraction of sp³-hybridized carbons (Fsp3) is 0.526. The predicted molar refractivity (Wildman–Crippen MR) is 96.1 cm³/mol. The third-order valence-electron chi connectivity index (χ3n) is 4.55. The Hall–Kier alpha value is -2.39. The fourth-order valence-corrected chi connectivity index (χ4v) is 3.06. The molecule has 6 heteroatoms. The lowest BCUT2D eigenvalue weighted by atomic mass is 10.1. The minimum atomic E-state index is 0.645. The average molecular weight is 339 g/mol. The number of hydrogen-bond donors (Lipinski definition) is 0. The number of piperazine rings is 1. The zero-order valence-corrected chi connectivity index (χ0v) is 15.0. The molecule has 25 heavy (non-hydrogen) atoms. The second-order valence-electron chi connectivity index (χ2n) is 6.93. The number of hydrogen-bond acceptors (Lipinski definition) is 6. The molecule has 0 aliphatic carbocycles. The van der Waals surface area contributed by atoms with Crippen LogP contribution < -0.4 is 4.90 Å². The minimum Gasteiger partial charge on any atom is -0.368 e. The molecule has 1 saturated heterocycles. The molecule has 0 unspecified atom stereocenters.